The molecule has 1 heterocycles. The number of hydrazone groups is 1. The molecule has 1 aromatic heterocycles. The topological polar surface area (TPSA) is 72.5 Å². The van der Waals surface area contributed by atoms with Gasteiger partial charge in [0.1, 0.15) is 16.4 Å². The molecule has 0 aliphatic rings. The Morgan fingerprint density at radius 1 is 1.58 bits per heavy atom. The number of aromatic nitrogens is 1. The van der Waals surface area contributed by atoms with Crippen molar-refractivity contribution < 1.29 is 4.74 Å². The van der Waals surface area contributed by atoms with Crippen LogP contribution < -0.4 is 15.9 Å². The van der Waals surface area contributed by atoms with Crippen molar-refractivity contribution in [2.75, 3.05) is 7.11 Å². The van der Waals surface area contributed by atoms with Gasteiger partial charge in [-0.3, -0.25) is 5.43 Å². The molecule has 0 bridgehead atoms. The zero-order chi connectivity index (χ0) is 13.8. The molecule has 1 aromatic carbocycles. The number of ether oxygens (including phenoxy) is 1. The lowest BCUT2D eigenvalue weighted by atomic mass is 10.1. The summed E-state index contributed by atoms with van der Waals surface area (Å²) < 4.78 is 5.23. The summed E-state index contributed by atoms with van der Waals surface area (Å²) >= 11 is 10.7. The number of pyridine rings is 1. The quantitative estimate of drug-likeness (QED) is 0.392. The minimum absolute atomic E-state index is 0.0859. The molecule has 19 heavy (non-hydrogen) atoms. The second-order valence-electron chi connectivity index (χ2n) is 3.63. The van der Waals surface area contributed by atoms with E-state index in [4.69, 9.17) is 22.1 Å². The van der Waals surface area contributed by atoms with Crippen LogP contribution in [0.5, 0.6) is 5.75 Å². The van der Waals surface area contributed by atoms with Gasteiger partial charge in [-0.1, -0.05) is 23.7 Å². The van der Waals surface area contributed by atoms with Crippen molar-refractivity contribution in [3.63, 3.8) is 0 Å². The smallest absolute Gasteiger partial charge is 0.184 e. The minimum atomic E-state index is 0.0859. The Bertz CT molecular complexity index is 659. The van der Waals surface area contributed by atoms with E-state index in [1.165, 1.54) is 6.21 Å². The van der Waals surface area contributed by atoms with Crippen LogP contribution >= 0.6 is 23.8 Å². The third-order valence-electron chi connectivity index (χ3n) is 2.39. The molecule has 0 amide bonds. The van der Waals surface area contributed by atoms with Crippen molar-refractivity contribution in [1.82, 2.24) is 10.4 Å². The molecule has 0 aliphatic heterocycles. The lowest BCUT2D eigenvalue weighted by molar-refractivity contribution is 0.419. The van der Waals surface area contributed by atoms with Crippen molar-refractivity contribution in [3.8, 4) is 5.75 Å². The van der Waals surface area contributed by atoms with Gasteiger partial charge in [0.2, 0.25) is 0 Å². The number of rotatable bonds is 3. The molecule has 7 heteroatoms. The predicted molar refractivity (Wildman–Crippen MR) is 80.8 cm³/mol. The fourth-order valence-electron chi connectivity index (χ4n) is 1.59. The van der Waals surface area contributed by atoms with Crippen LogP contribution in [0.1, 0.15) is 5.56 Å². The molecule has 2 aromatic rings. The van der Waals surface area contributed by atoms with Crippen molar-refractivity contribution in [3.05, 3.63) is 35.0 Å². The molecule has 0 saturated heterocycles. The standard InChI is InChI=1S/C12H11ClN4OS/c1-18-9-4-2-3-7-5-8(6-15-17-12(14)19)11(13)16-10(7)9/h2-6H,1H3,(H3,14,17,19). The first-order valence-electron chi connectivity index (χ1n) is 5.33. The fourth-order valence-corrected chi connectivity index (χ4v) is 1.83. The Morgan fingerprint density at radius 3 is 3.05 bits per heavy atom. The Hall–Kier alpha value is -1.92. The maximum Gasteiger partial charge on any atom is 0.184 e. The number of thiocarbonyl (C=S) groups is 1. The molecule has 0 unspecified atom stereocenters. The van der Waals surface area contributed by atoms with Gasteiger partial charge in [0.05, 0.1) is 13.3 Å². The highest BCUT2D eigenvalue weighted by Crippen LogP contribution is 2.26. The van der Waals surface area contributed by atoms with Crippen LogP contribution in [-0.2, 0) is 0 Å². The van der Waals surface area contributed by atoms with E-state index in [1.54, 1.807) is 7.11 Å². The number of para-hydroxylation sites is 1. The van der Waals surface area contributed by atoms with Crippen LogP contribution in [0.4, 0.5) is 0 Å². The lowest BCUT2D eigenvalue weighted by Gasteiger charge is -2.06. The minimum Gasteiger partial charge on any atom is -0.494 e. The van der Waals surface area contributed by atoms with E-state index in [0.717, 1.165) is 5.39 Å². The summed E-state index contributed by atoms with van der Waals surface area (Å²) in [6, 6.07) is 7.48. The van der Waals surface area contributed by atoms with Crippen LogP contribution in [0.3, 0.4) is 0 Å². The third-order valence-corrected chi connectivity index (χ3v) is 2.78. The van der Waals surface area contributed by atoms with Crippen LogP contribution in [0.25, 0.3) is 10.9 Å². The van der Waals surface area contributed by atoms with E-state index < -0.39 is 0 Å². The molecular weight excluding hydrogens is 284 g/mol. The van der Waals surface area contributed by atoms with Crippen LogP contribution in [0.2, 0.25) is 5.15 Å². The molecule has 0 spiro atoms. The number of fused-ring (bicyclic) bond motifs is 1. The molecular formula is C12H11ClN4OS. The zero-order valence-electron chi connectivity index (χ0n) is 10.1. The molecule has 0 fully saturated rings. The molecule has 98 valence electrons. The second kappa shape index (κ2) is 5.81. The lowest BCUT2D eigenvalue weighted by Crippen LogP contribution is -2.24. The Morgan fingerprint density at radius 2 is 2.37 bits per heavy atom. The van der Waals surface area contributed by atoms with Gasteiger partial charge in [-0.25, -0.2) is 4.98 Å². The van der Waals surface area contributed by atoms with Crippen LogP contribution in [0.15, 0.2) is 29.4 Å². The molecule has 3 N–H and O–H groups in total. The SMILES string of the molecule is COc1cccc2cc(C=NNC(N)=S)c(Cl)nc12. The van der Waals surface area contributed by atoms with Gasteiger partial charge in [0, 0.05) is 10.9 Å². The first-order chi connectivity index (χ1) is 9.11. The highest BCUT2D eigenvalue weighted by molar-refractivity contribution is 7.80. The molecule has 0 saturated carbocycles. The van der Waals surface area contributed by atoms with E-state index in [-0.39, 0.29) is 5.11 Å². The summed E-state index contributed by atoms with van der Waals surface area (Å²) in [6.07, 6.45) is 1.51. The molecule has 5 nitrogen and oxygen atoms in total. The van der Waals surface area contributed by atoms with Gasteiger partial charge in [-0.15, -0.1) is 0 Å². The van der Waals surface area contributed by atoms with Crippen molar-refractivity contribution in [2.45, 2.75) is 0 Å². The van der Waals surface area contributed by atoms with Crippen LogP contribution in [-0.4, -0.2) is 23.4 Å². The zero-order valence-corrected chi connectivity index (χ0v) is 11.6. The Kier molecular flexibility index (Phi) is 4.13. The molecule has 0 aliphatic carbocycles. The number of hydrogen-bond donors (Lipinski definition) is 2. The van der Waals surface area contributed by atoms with Crippen LogP contribution in [0, 0.1) is 0 Å². The summed E-state index contributed by atoms with van der Waals surface area (Å²) in [5.41, 5.74) is 9.09. The average Bonchev–Trinajstić information content (AvgIpc) is 2.38. The number of nitrogens with zero attached hydrogens (tertiary/aromatic N) is 2. The fraction of sp³-hybridized carbons (Fsp3) is 0.0833. The van der Waals surface area contributed by atoms with Crippen molar-refractivity contribution in [1.29, 1.82) is 0 Å². The maximum atomic E-state index is 6.10. The maximum absolute atomic E-state index is 6.10. The van der Waals surface area contributed by atoms with E-state index in [0.29, 0.717) is 22.0 Å². The first kappa shape index (κ1) is 13.5. The first-order valence-corrected chi connectivity index (χ1v) is 6.12. The van der Waals surface area contributed by atoms with Crippen molar-refractivity contribution in [2.24, 2.45) is 10.8 Å². The highest BCUT2D eigenvalue weighted by atomic mass is 35.5. The summed E-state index contributed by atoms with van der Waals surface area (Å²) in [4.78, 5) is 4.30. The monoisotopic (exact) mass is 294 g/mol. The van der Waals surface area contributed by atoms with E-state index in [1.807, 2.05) is 24.3 Å². The van der Waals surface area contributed by atoms with E-state index >= 15 is 0 Å². The predicted octanol–water partition coefficient (Wildman–Crippen LogP) is 2.06. The number of halogens is 1. The second-order valence-corrected chi connectivity index (χ2v) is 4.43. The largest absolute Gasteiger partial charge is 0.494 e. The molecule has 0 atom stereocenters. The average molecular weight is 295 g/mol. The number of nitrogens with one attached hydrogen (secondary N) is 1. The van der Waals surface area contributed by atoms with Gasteiger partial charge < -0.3 is 10.5 Å². The molecule has 0 radical (unpaired) electrons. The van der Waals surface area contributed by atoms with Gasteiger partial charge >= 0.3 is 0 Å². The summed E-state index contributed by atoms with van der Waals surface area (Å²) in [7, 11) is 1.59. The molecule has 2 rings (SSSR count). The number of benzene rings is 1. The summed E-state index contributed by atoms with van der Waals surface area (Å²) in [6.45, 7) is 0. The summed E-state index contributed by atoms with van der Waals surface area (Å²) in [5.74, 6) is 0.671. The Labute approximate surface area is 120 Å². The third kappa shape index (κ3) is 3.10. The van der Waals surface area contributed by atoms with Gasteiger partial charge in [0.15, 0.2) is 5.11 Å². The van der Waals surface area contributed by atoms with Crippen molar-refractivity contribution >= 4 is 46.0 Å². The van der Waals surface area contributed by atoms with Gasteiger partial charge in [-0.2, -0.15) is 5.10 Å². The highest BCUT2D eigenvalue weighted by Gasteiger charge is 2.07. The number of methoxy groups -OCH3 is 1. The van der Waals surface area contributed by atoms with E-state index in [9.17, 15) is 0 Å². The van der Waals surface area contributed by atoms with Gasteiger partial charge in [-0.05, 0) is 24.4 Å². The Balaban J connectivity index is 2.45. The van der Waals surface area contributed by atoms with E-state index in [2.05, 4.69) is 27.7 Å². The summed E-state index contributed by atoms with van der Waals surface area (Å²) in [5, 5.41) is 5.17. The number of hydrogen-bond acceptors (Lipinski definition) is 4. The normalized spacial score (nSPS) is 10.8. The van der Waals surface area contributed by atoms with Gasteiger partial charge in [0.25, 0.3) is 0 Å². The number of nitrogens with two attached hydrogens (primary N) is 1.